The van der Waals surface area contributed by atoms with Crippen molar-refractivity contribution in [3.63, 3.8) is 0 Å². The van der Waals surface area contributed by atoms with E-state index in [-0.39, 0.29) is 31.6 Å². The lowest BCUT2D eigenvalue weighted by atomic mass is 9.72. The standard InChI is InChI=1S/C19H20FN3O4/c1-12-9-22-15(10-21-12)17(25)23-6-5-16(24)19(11-23,18(26)27)8-13-3-2-4-14(20)7-13/h2-4,7,9-10,16,24H,5-6,8,11H2,1H3,(H,26,27)/t16-,19-/m1/s1. The van der Waals surface area contributed by atoms with Gasteiger partial charge in [0.1, 0.15) is 16.9 Å². The summed E-state index contributed by atoms with van der Waals surface area (Å²) in [6, 6.07) is 5.59. The summed E-state index contributed by atoms with van der Waals surface area (Å²) in [5.41, 5.74) is -0.408. The number of carboxylic acids is 1. The van der Waals surface area contributed by atoms with E-state index < -0.39 is 29.2 Å². The molecule has 3 rings (SSSR count). The molecule has 2 N–H and O–H groups in total. The molecule has 2 aromatic rings. The van der Waals surface area contributed by atoms with E-state index in [4.69, 9.17) is 0 Å². The van der Waals surface area contributed by atoms with E-state index in [0.717, 1.165) is 0 Å². The summed E-state index contributed by atoms with van der Waals surface area (Å²) in [5.74, 6) is -2.16. The van der Waals surface area contributed by atoms with E-state index in [1.54, 1.807) is 13.0 Å². The summed E-state index contributed by atoms with van der Waals surface area (Å²) in [6.07, 6.45) is 1.66. The molecule has 1 aromatic carbocycles. The fraction of sp³-hybridized carbons (Fsp3) is 0.368. The zero-order valence-electron chi connectivity index (χ0n) is 14.8. The number of piperidine rings is 1. The lowest BCUT2D eigenvalue weighted by Crippen LogP contribution is -2.58. The Balaban J connectivity index is 1.89. The van der Waals surface area contributed by atoms with E-state index >= 15 is 0 Å². The molecule has 2 heterocycles. The number of hydrogen-bond acceptors (Lipinski definition) is 5. The van der Waals surface area contributed by atoms with Crippen molar-refractivity contribution in [3.8, 4) is 0 Å². The number of likely N-dealkylation sites (tertiary alicyclic amines) is 1. The van der Waals surface area contributed by atoms with Crippen LogP contribution in [0.1, 0.15) is 28.2 Å². The van der Waals surface area contributed by atoms with Crippen molar-refractivity contribution in [2.24, 2.45) is 5.41 Å². The maximum Gasteiger partial charge on any atom is 0.314 e. The summed E-state index contributed by atoms with van der Waals surface area (Å²) in [6.45, 7) is 1.75. The minimum Gasteiger partial charge on any atom is -0.481 e. The Bertz CT molecular complexity index is 858. The van der Waals surface area contributed by atoms with Crippen molar-refractivity contribution >= 4 is 11.9 Å². The number of aliphatic hydroxyl groups is 1. The summed E-state index contributed by atoms with van der Waals surface area (Å²) in [4.78, 5) is 34.3. The molecule has 0 spiro atoms. The molecule has 0 radical (unpaired) electrons. The molecule has 1 saturated heterocycles. The highest BCUT2D eigenvalue weighted by atomic mass is 19.1. The molecule has 7 nitrogen and oxygen atoms in total. The van der Waals surface area contributed by atoms with Crippen molar-refractivity contribution in [2.75, 3.05) is 13.1 Å². The summed E-state index contributed by atoms with van der Waals surface area (Å²) in [7, 11) is 0. The number of aromatic nitrogens is 2. The monoisotopic (exact) mass is 373 g/mol. The summed E-state index contributed by atoms with van der Waals surface area (Å²) >= 11 is 0. The summed E-state index contributed by atoms with van der Waals surface area (Å²) < 4.78 is 13.5. The Labute approximate surface area is 155 Å². The van der Waals surface area contributed by atoms with Gasteiger partial charge in [0.25, 0.3) is 5.91 Å². The number of aliphatic carboxylic acids is 1. The van der Waals surface area contributed by atoms with Gasteiger partial charge in [-0.2, -0.15) is 0 Å². The van der Waals surface area contributed by atoms with Crippen LogP contribution in [0.25, 0.3) is 0 Å². The molecule has 0 aliphatic carbocycles. The molecule has 0 saturated carbocycles. The predicted molar refractivity (Wildman–Crippen MR) is 93.5 cm³/mol. The van der Waals surface area contributed by atoms with Crippen molar-refractivity contribution in [1.82, 2.24) is 14.9 Å². The lowest BCUT2D eigenvalue weighted by Gasteiger charge is -2.43. The second-order valence-electron chi connectivity index (χ2n) is 6.84. The predicted octanol–water partition coefficient (Wildman–Crippen LogP) is 1.44. The zero-order valence-corrected chi connectivity index (χ0v) is 14.8. The molecular formula is C19H20FN3O4. The molecular weight excluding hydrogens is 353 g/mol. The maximum absolute atomic E-state index is 13.5. The van der Waals surface area contributed by atoms with Crippen LogP contribution in [-0.4, -0.2) is 56.2 Å². The van der Waals surface area contributed by atoms with Crippen LogP contribution >= 0.6 is 0 Å². The molecule has 1 fully saturated rings. The van der Waals surface area contributed by atoms with E-state index in [2.05, 4.69) is 9.97 Å². The third kappa shape index (κ3) is 3.80. The Morgan fingerprint density at radius 2 is 2.11 bits per heavy atom. The van der Waals surface area contributed by atoms with Gasteiger partial charge in [-0.1, -0.05) is 12.1 Å². The highest BCUT2D eigenvalue weighted by Crippen LogP contribution is 2.35. The molecule has 8 heteroatoms. The van der Waals surface area contributed by atoms with Gasteiger partial charge in [0, 0.05) is 19.3 Å². The molecule has 142 valence electrons. The molecule has 1 amide bonds. The first kappa shape index (κ1) is 18.9. The third-order valence-electron chi connectivity index (χ3n) is 4.91. The molecule has 2 atom stereocenters. The van der Waals surface area contributed by atoms with Crippen LogP contribution in [0.3, 0.4) is 0 Å². The Kier molecular flexibility index (Phi) is 5.18. The zero-order chi connectivity index (χ0) is 19.6. The van der Waals surface area contributed by atoms with Crippen LogP contribution in [0.15, 0.2) is 36.7 Å². The smallest absolute Gasteiger partial charge is 0.314 e. The number of carboxylic acid groups (broad SMARTS) is 1. The molecule has 1 aromatic heterocycles. The normalized spacial score (nSPS) is 22.5. The number of amides is 1. The van der Waals surface area contributed by atoms with Gasteiger partial charge in [-0.25, -0.2) is 9.37 Å². The van der Waals surface area contributed by atoms with Gasteiger partial charge >= 0.3 is 5.97 Å². The Morgan fingerprint density at radius 3 is 2.74 bits per heavy atom. The first-order valence-electron chi connectivity index (χ1n) is 8.56. The second-order valence-corrected chi connectivity index (χ2v) is 6.84. The number of benzene rings is 1. The SMILES string of the molecule is Cc1cnc(C(=O)N2CC[C@@H](O)[C@](Cc3cccc(F)c3)(C(=O)O)C2)cn1. The first-order valence-corrected chi connectivity index (χ1v) is 8.56. The highest BCUT2D eigenvalue weighted by molar-refractivity contribution is 5.92. The molecule has 1 aliphatic rings. The molecule has 27 heavy (non-hydrogen) atoms. The van der Waals surface area contributed by atoms with Crippen molar-refractivity contribution in [1.29, 1.82) is 0 Å². The van der Waals surface area contributed by atoms with Crippen molar-refractivity contribution in [2.45, 2.75) is 25.9 Å². The topological polar surface area (TPSA) is 104 Å². The second kappa shape index (κ2) is 7.40. The van der Waals surface area contributed by atoms with E-state index in [1.165, 1.54) is 35.5 Å². The Hall–Kier alpha value is -2.87. The van der Waals surface area contributed by atoms with Crippen LogP contribution in [0.2, 0.25) is 0 Å². The van der Waals surface area contributed by atoms with Gasteiger partial charge in [-0.05, 0) is 37.5 Å². The number of nitrogens with zero attached hydrogens (tertiary/aromatic N) is 3. The van der Waals surface area contributed by atoms with Crippen LogP contribution < -0.4 is 0 Å². The van der Waals surface area contributed by atoms with Gasteiger partial charge in [0.05, 0.1) is 18.0 Å². The first-order chi connectivity index (χ1) is 12.8. The van der Waals surface area contributed by atoms with Crippen LogP contribution in [-0.2, 0) is 11.2 Å². The highest BCUT2D eigenvalue weighted by Gasteiger charge is 2.50. The lowest BCUT2D eigenvalue weighted by molar-refractivity contribution is -0.161. The van der Waals surface area contributed by atoms with Crippen molar-refractivity contribution in [3.05, 3.63) is 59.4 Å². The van der Waals surface area contributed by atoms with E-state index in [9.17, 15) is 24.2 Å². The number of halogens is 1. The number of carbonyl (C=O) groups is 2. The maximum atomic E-state index is 13.5. The van der Waals surface area contributed by atoms with Crippen LogP contribution in [0.5, 0.6) is 0 Å². The quantitative estimate of drug-likeness (QED) is 0.841. The fourth-order valence-corrected chi connectivity index (χ4v) is 3.39. The average Bonchev–Trinajstić information content (AvgIpc) is 2.63. The molecule has 0 unspecified atom stereocenters. The largest absolute Gasteiger partial charge is 0.481 e. The van der Waals surface area contributed by atoms with Gasteiger partial charge in [-0.15, -0.1) is 0 Å². The minimum absolute atomic E-state index is 0.0926. The average molecular weight is 373 g/mol. The third-order valence-corrected chi connectivity index (χ3v) is 4.91. The summed E-state index contributed by atoms with van der Waals surface area (Å²) in [5, 5.41) is 20.4. The van der Waals surface area contributed by atoms with Gasteiger partial charge in [-0.3, -0.25) is 14.6 Å². The van der Waals surface area contributed by atoms with Gasteiger partial charge in [0.2, 0.25) is 0 Å². The minimum atomic E-state index is -1.63. The molecule has 1 aliphatic heterocycles. The number of rotatable bonds is 4. The number of hydrogen-bond donors (Lipinski definition) is 2. The van der Waals surface area contributed by atoms with Crippen LogP contribution in [0, 0.1) is 18.2 Å². The van der Waals surface area contributed by atoms with E-state index in [1.807, 2.05) is 0 Å². The number of aryl methyl sites for hydroxylation is 1. The fourth-order valence-electron chi connectivity index (χ4n) is 3.39. The Morgan fingerprint density at radius 1 is 1.33 bits per heavy atom. The van der Waals surface area contributed by atoms with Crippen molar-refractivity contribution < 1.29 is 24.2 Å². The van der Waals surface area contributed by atoms with E-state index in [0.29, 0.717) is 11.3 Å². The van der Waals surface area contributed by atoms with Gasteiger partial charge in [0.15, 0.2) is 0 Å². The number of carbonyl (C=O) groups excluding carboxylic acids is 1. The number of aliphatic hydroxyl groups excluding tert-OH is 1. The molecule has 0 bridgehead atoms. The van der Waals surface area contributed by atoms with Crippen LogP contribution in [0.4, 0.5) is 4.39 Å². The van der Waals surface area contributed by atoms with Gasteiger partial charge < -0.3 is 15.1 Å².